The topological polar surface area (TPSA) is 12.0 Å². The summed E-state index contributed by atoms with van der Waals surface area (Å²) in [5, 5.41) is 5.36. The van der Waals surface area contributed by atoms with Gasteiger partial charge in [0.1, 0.15) is 5.82 Å². The molecule has 2 rings (SSSR count). The van der Waals surface area contributed by atoms with Crippen LogP contribution in [0.1, 0.15) is 29.0 Å². The summed E-state index contributed by atoms with van der Waals surface area (Å²) in [5.74, 6) is -0.160. The quantitative estimate of drug-likeness (QED) is 0.861. The van der Waals surface area contributed by atoms with Crippen molar-refractivity contribution in [1.82, 2.24) is 5.32 Å². The smallest absolute Gasteiger partial charge is 0.128 e. The SMILES string of the molecule is CCNC(c1cc(C)ccc1F)c1sccc1Br. The highest BCUT2D eigenvalue weighted by molar-refractivity contribution is 9.10. The lowest BCUT2D eigenvalue weighted by atomic mass is 10.0. The molecular formula is C14H15BrFNS. The van der Waals surface area contributed by atoms with Crippen LogP contribution in [0.15, 0.2) is 34.1 Å². The molecule has 1 N–H and O–H groups in total. The van der Waals surface area contributed by atoms with Gasteiger partial charge < -0.3 is 5.32 Å². The summed E-state index contributed by atoms with van der Waals surface area (Å²) in [5.41, 5.74) is 1.78. The lowest BCUT2D eigenvalue weighted by Gasteiger charge is -2.19. The van der Waals surface area contributed by atoms with Gasteiger partial charge in [-0.1, -0.05) is 24.6 Å². The molecule has 1 aromatic carbocycles. The van der Waals surface area contributed by atoms with Gasteiger partial charge in [-0.2, -0.15) is 0 Å². The summed E-state index contributed by atoms with van der Waals surface area (Å²) >= 11 is 5.16. The predicted octanol–water partition coefficient (Wildman–Crippen LogP) is 4.66. The van der Waals surface area contributed by atoms with E-state index in [9.17, 15) is 4.39 Å². The maximum atomic E-state index is 14.0. The molecule has 0 aliphatic carbocycles. The minimum atomic E-state index is -0.160. The zero-order valence-electron chi connectivity index (χ0n) is 10.3. The highest BCUT2D eigenvalue weighted by atomic mass is 79.9. The van der Waals surface area contributed by atoms with Crippen LogP contribution in [0.25, 0.3) is 0 Å². The third-order valence-corrected chi connectivity index (χ3v) is 4.71. The predicted molar refractivity (Wildman–Crippen MR) is 78.7 cm³/mol. The number of nitrogens with one attached hydrogen (secondary N) is 1. The van der Waals surface area contributed by atoms with E-state index in [1.165, 1.54) is 6.07 Å². The fourth-order valence-electron chi connectivity index (χ4n) is 1.94. The number of aryl methyl sites for hydroxylation is 1. The average Bonchev–Trinajstić information content (AvgIpc) is 2.76. The van der Waals surface area contributed by atoms with Gasteiger partial charge in [0.25, 0.3) is 0 Å². The molecule has 1 atom stereocenters. The minimum Gasteiger partial charge on any atom is -0.306 e. The Bertz CT molecular complexity index is 538. The Morgan fingerprint density at radius 2 is 2.17 bits per heavy atom. The number of hydrogen-bond acceptors (Lipinski definition) is 2. The van der Waals surface area contributed by atoms with Crippen molar-refractivity contribution in [2.75, 3.05) is 6.54 Å². The molecule has 1 unspecified atom stereocenters. The van der Waals surface area contributed by atoms with Crippen LogP contribution in [0.2, 0.25) is 0 Å². The summed E-state index contributed by atoms with van der Waals surface area (Å²) in [6.07, 6.45) is 0. The Morgan fingerprint density at radius 3 is 2.78 bits per heavy atom. The maximum absolute atomic E-state index is 14.0. The van der Waals surface area contributed by atoms with Crippen molar-refractivity contribution >= 4 is 27.3 Å². The average molecular weight is 328 g/mol. The lowest BCUT2D eigenvalue weighted by Crippen LogP contribution is -2.22. The fourth-order valence-corrected chi connectivity index (χ4v) is 3.64. The largest absolute Gasteiger partial charge is 0.306 e. The van der Waals surface area contributed by atoms with Crippen molar-refractivity contribution in [3.05, 3.63) is 55.9 Å². The van der Waals surface area contributed by atoms with Crippen LogP contribution >= 0.6 is 27.3 Å². The standard InChI is InChI=1S/C14H15BrFNS/c1-3-17-13(14-11(15)6-7-18-14)10-8-9(2)4-5-12(10)16/h4-8,13,17H,3H2,1-2H3. The molecule has 2 aromatic rings. The molecule has 0 aliphatic heterocycles. The highest BCUT2D eigenvalue weighted by Gasteiger charge is 2.20. The Kier molecular flexibility index (Phi) is 4.54. The molecule has 4 heteroatoms. The molecule has 0 amide bonds. The van der Waals surface area contributed by atoms with Crippen LogP contribution in [0.4, 0.5) is 4.39 Å². The summed E-state index contributed by atoms with van der Waals surface area (Å²) in [4.78, 5) is 1.11. The van der Waals surface area contributed by atoms with E-state index in [-0.39, 0.29) is 11.9 Å². The van der Waals surface area contributed by atoms with E-state index in [0.717, 1.165) is 21.5 Å². The first-order valence-electron chi connectivity index (χ1n) is 5.85. The molecule has 0 saturated heterocycles. The van der Waals surface area contributed by atoms with Crippen molar-refractivity contribution in [3.8, 4) is 0 Å². The first-order chi connectivity index (χ1) is 8.63. The summed E-state index contributed by atoms with van der Waals surface area (Å²) in [6.45, 7) is 4.81. The van der Waals surface area contributed by atoms with Gasteiger partial charge in [-0.15, -0.1) is 11.3 Å². The van der Waals surface area contributed by atoms with E-state index < -0.39 is 0 Å². The Morgan fingerprint density at radius 1 is 1.39 bits per heavy atom. The molecule has 0 aliphatic rings. The molecule has 0 saturated carbocycles. The van der Waals surface area contributed by atoms with E-state index in [4.69, 9.17) is 0 Å². The van der Waals surface area contributed by atoms with Crippen molar-refractivity contribution in [2.24, 2.45) is 0 Å². The summed E-state index contributed by atoms with van der Waals surface area (Å²) in [6, 6.07) is 7.15. The third-order valence-electron chi connectivity index (χ3n) is 2.78. The second-order valence-electron chi connectivity index (χ2n) is 4.15. The van der Waals surface area contributed by atoms with E-state index in [0.29, 0.717) is 5.56 Å². The molecule has 1 aromatic heterocycles. The van der Waals surface area contributed by atoms with Crippen LogP contribution in [-0.2, 0) is 0 Å². The first-order valence-corrected chi connectivity index (χ1v) is 7.53. The van der Waals surface area contributed by atoms with Crippen LogP contribution in [0.5, 0.6) is 0 Å². The van der Waals surface area contributed by atoms with Crippen LogP contribution in [0.3, 0.4) is 0 Å². The Labute approximate surface area is 119 Å². The van der Waals surface area contributed by atoms with Gasteiger partial charge in [0, 0.05) is 14.9 Å². The van der Waals surface area contributed by atoms with Gasteiger partial charge in [0.15, 0.2) is 0 Å². The van der Waals surface area contributed by atoms with Crippen molar-refractivity contribution in [1.29, 1.82) is 0 Å². The van der Waals surface area contributed by atoms with Crippen LogP contribution < -0.4 is 5.32 Å². The summed E-state index contributed by atoms with van der Waals surface area (Å²) in [7, 11) is 0. The molecular weight excluding hydrogens is 313 g/mol. The monoisotopic (exact) mass is 327 g/mol. The lowest BCUT2D eigenvalue weighted by molar-refractivity contribution is 0.562. The Balaban J connectivity index is 2.48. The van der Waals surface area contributed by atoms with E-state index in [1.54, 1.807) is 17.4 Å². The van der Waals surface area contributed by atoms with Gasteiger partial charge in [0.2, 0.25) is 0 Å². The maximum Gasteiger partial charge on any atom is 0.128 e. The van der Waals surface area contributed by atoms with Gasteiger partial charge in [0.05, 0.1) is 6.04 Å². The van der Waals surface area contributed by atoms with Gasteiger partial charge in [-0.25, -0.2) is 4.39 Å². The molecule has 96 valence electrons. The van der Waals surface area contributed by atoms with Crippen molar-refractivity contribution < 1.29 is 4.39 Å². The van der Waals surface area contributed by atoms with Crippen molar-refractivity contribution in [3.63, 3.8) is 0 Å². The summed E-state index contributed by atoms with van der Waals surface area (Å²) < 4.78 is 15.0. The molecule has 0 spiro atoms. The fraction of sp³-hybridized carbons (Fsp3) is 0.286. The number of halogens is 2. The van der Waals surface area contributed by atoms with Crippen LogP contribution in [0, 0.1) is 12.7 Å². The highest BCUT2D eigenvalue weighted by Crippen LogP contribution is 2.34. The molecule has 0 bridgehead atoms. The van der Waals surface area contributed by atoms with E-state index in [2.05, 4.69) is 21.2 Å². The van der Waals surface area contributed by atoms with E-state index >= 15 is 0 Å². The molecule has 1 heterocycles. The molecule has 18 heavy (non-hydrogen) atoms. The van der Waals surface area contributed by atoms with E-state index in [1.807, 2.05) is 31.4 Å². The third kappa shape index (κ3) is 2.82. The second-order valence-corrected chi connectivity index (χ2v) is 5.95. The number of thiophene rings is 1. The number of hydrogen-bond donors (Lipinski definition) is 1. The minimum absolute atomic E-state index is 0.0933. The van der Waals surface area contributed by atoms with Gasteiger partial charge in [-0.05, 0) is 46.9 Å². The van der Waals surface area contributed by atoms with Crippen LogP contribution in [-0.4, -0.2) is 6.54 Å². The zero-order valence-corrected chi connectivity index (χ0v) is 12.7. The number of rotatable bonds is 4. The molecule has 0 fully saturated rings. The Hall–Kier alpha value is -0.710. The van der Waals surface area contributed by atoms with Gasteiger partial charge >= 0.3 is 0 Å². The molecule has 0 radical (unpaired) electrons. The van der Waals surface area contributed by atoms with Crippen molar-refractivity contribution in [2.45, 2.75) is 19.9 Å². The molecule has 1 nitrogen and oxygen atoms in total. The normalized spacial score (nSPS) is 12.7. The van der Waals surface area contributed by atoms with Gasteiger partial charge in [-0.3, -0.25) is 0 Å². The second kappa shape index (κ2) is 5.95. The first kappa shape index (κ1) is 13.7. The number of benzene rings is 1. The zero-order chi connectivity index (χ0) is 13.1.